The maximum absolute atomic E-state index is 6.30. The van der Waals surface area contributed by atoms with Gasteiger partial charge in [0.05, 0.1) is 0 Å². The molecule has 0 radical (unpaired) electrons. The summed E-state index contributed by atoms with van der Waals surface area (Å²) in [7, 11) is 0. The van der Waals surface area contributed by atoms with E-state index in [-0.39, 0.29) is 0 Å². The predicted octanol–water partition coefficient (Wildman–Crippen LogP) is -0.477. The van der Waals surface area contributed by atoms with Gasteiger partial charge in [0.25, 0.3) is 0 Å². The number of nitrogens with two attached hydrogens (primary N) is 1. The van der Waals surface area contributed by atoms with Gasteiger partial charge < -0.3 is 5.73 Å². The molecule has 0 rings (SSSR count). The summed E-state index contributed by atoms with van der Waals surface area (Å²) in [5.74, 6) is 0. The Labute approximate surface area is 42.6 Å². The molecule has 0 saturated heterocycles. The van der Waals surface area contributed by atoms with Crippen molar-refractivity contribution in [2.24, 2.45) is 10.8 Å². The highest BCUT2D eigenvalue weighted by Crippen LogP contribution is 1.55. The van der Waals surface area contributed by atoms with Crippen LogP contribution < -0.4 is 11.1 Å². The first-order valence-corrected chi connectivity index (χ1v) is 2.16. The fourth-order valence-corrected chi connectivity index (χ4v) is 0.237. The molecule has 0 amide bonds. The summed E-state index contributed by atoms with van der Waals surface area (Å²) in [6.07, 6.45) is 0. The van der Waals surface area contributed by atoms with Crippen molar-refractivity contribution in [2.45, 2.75) is 0 Å². The Morgan fingerprint density at radius 1 is 1.71 bits per heavy atom. The van der Waals surface area contributed by atoms with Crippen molar-refractivity contribution >= 4 is 0 Å². The minimum Gasteiger partial charge on any atom is -0.329 e. The van der Waals surface area contributed by atoms with Crippen LogP contribution in [-0.2, 0) is 0 Å². The van der Waals surface area contributed by atoms with Crippen LogP contribution >= 0.6 is 0 Å². The van der Waals surface area contributed by atoms with Crippen LogP contribution in [0.1, 0.15) is 0 Å². The van der Waals surface area contributed by atoms with Crippen molar-refractivity contribution in [3.63, 3.8) is 0 Å². The van der Waals surface area contributed by atoms with E-state index in [1.165, 1.54) is 0 Å². The Bertz CT molecular complexity index is 44.2. The molecule has 4 nitrogen and oxygen atoms in total. The quantitative estimate of drug-likeness (QED) is 0.331. The predicted molar refractivity (Wildman–Crippen MR) is 27.1 cm³/mol. The van der Waals surface area contributed by atoms with Crippen LogP contribution in [0.25, 0.3) is 0 Å². The van der Waals surface area contributed by atoms with E-state index >= 15 is 0 Å². The highest BCUT2D eigenvalue weighted by Gasteiger charge is 1.75. The molecule has 0 spiro atoms. The van der Waals surface area contributed by atoms with Crippen molar-refractivity contribution in [1.82, 2.24) is 5.32 Å². The smallest absolute Gasteiger partial charge is 0.109 e. The zero-order valence-electron chi connectivity index (χ0n) is 4.15. The maximum atomic E-state index is 6.30. The highest BCUT2D eigenvalue weighted by atomic mass is 15.1. The van der Waals surface area contributed by atoms with Gasteiger partial charge in [-0.1, -0.05) is 0 Å². The third-order valence-electron chi connectivity index (χ3n) is 0.512. The summed E-state index contributed by atoms with van der Waals surface area (Å²) < 4.78 is 0. The lowest BCUT2D eigenvalue weighted by molar-refractivity contribution is 0.679. The van der Waals surface area contributed by atoms with Gasteiger partial charge in [0.1, 0.15) is 6.67 Å². The van der Waals surface area contributed by atoms with Gasteiger partial charge in [-0.05, 0) is 0 Å². The second-order valence-corrected chi connectivity index (χ2v) is 1.10. The van der Waals surface area contributed by atoms with Gasteiger partial charge >= 0.3 is 0 Å². The summed E-state index contributed by atoms with van der Waals surface area (Å²) in [6.45, 7) is 1.73. The normalized spacial score (nSPS) is 8.71. The molecule has 0 aliphatic heterocycles. The van der Waals surface area contributed by atoms with Gasteiger partial charge in [-0.25, -0.2) is 5.53 Å². The Hall–Kier alpha value is -0.480. The molecule has 0 aliphatic carbocycles. The minimum atomic E-state index is 0.386. The third-order valence-corrected chi connectivity index (χ3v) is 0.512. The Kier molecular flexibility index (Phi) is 5.14. The van der Waals surface area contributed by atoms with E-state index in [1.54, 1.807) is 0 Å². The third kappa shape index (κ3) is 5.52. The van der Waals surface area contributed by atoms with E-state index in [9.17, 15) is 0 Å². The molecule has 42 valence electrons. The van der Waals surface area contributed by atoms with E-state index in [0.29, 0.717) is 13.2 Å². The largest absolute Gasteiger partial charge is 0.329 e. The lowest BCUT2D eigenvalue weighted by Gasteiger charge is -1.92. The summed E-state index contributed by atoms with van der Waals surface area (Å²) >= 11 is 0. The Morgan fingerprint density at radius 2 is 2.43 bits per heavy atom. The molecule has 0 saturated carbocycles. The molecular formula is C3H10N4. The molecule has 0 aromatic rings. The average Bonchev–Trinajstić information content (AvgIpc) is 1.69. The number of hydrogen-bond acceptors (Lipinski definition) is 4. The summed E-state index contributed by atoms with van der Waals surface area (Å²) in [5, 5.41) is 5.86. The number of nitrogens with one attached hydrogen (secondary N) is 2. The zero-order chi connectivity index (χ0) is 5.54. The van der Waals surface area contributed by atoms with Crippen LogP contribution in [0.2, 0.25) is 0 Å². The fourth-order valence-electron chi connectivity index (χ4n) is 0.237. The Balaban J connectivity index is 2.56. The van der Waals surface area contributed by atoms with Crippen LogP contribution in [0.4, 0.5) is 0 Å². The standard InChI is InChI=1S/C3H10N4/c4-1-2-6-3-7-5/h5-6H,1-4H2. The van der Waals surface area contributed by atoms with Crippen molar-refractivity contribution in [3.8, 4) is 0 Å². The fraction of sp³-hybridized carbons (Fsp3) is 1.00. The zero-order valence-corrected chi connectivity index (χ0v) is 4.15. The topological polar surface area (TPSA) is 74.3 Å². The molecular weight excluding hydrogens is 92.1 g/mol. The van der Waals surface area contributed by atoms with Gasteiger partial charge in [0, 0.05) is 13.1 Å². The van der Waals surface area contributed by atoms with Gasteiger partial charge in [-0.2, -0.15) is 5.11 Å². The number of hydrogen-bond donors (Lipinski definition) is 3. The first-order valence-electron chi connectivity index (χ1n) is 2.16. The van der Waals surface area contributed by atoms with Crippen molar-refractivity contribution in [3.05, 3.63) is 0 Å². The molecule has 0 fully saturated rings. The first-order chi connectivity index (χ1) is 3.41. The van der Waals surface area contributed by atoms with Gasteiger partial charge in [-0.15, -0.1) is 0 Å². The lowest BCUT2D eigenvalue weighted by atomic mass is 10.7. The highest BCUT2D eigenvalue weighted by molar-refractivity contribution is 4.39. The molecule has 0 bridgehead atoms. The van der Waals surface area contributed by atoms with Gasteiger partial charge in [-0.3, -0.25) is 5.32 Å². The van der Waals surface area contributed by atoms with E-state index in [2.05, 4.69) is 10.4 Å². The monoisotopic (exact) mass is 102 g/mol. The minimum absolute atomic E-state index is 0.386. The van der Waals surface area contributed by atoms with Gasteiger partial charge in [0.15, 0.2) is 0 Å². The molecule has 4 heteroatoms. The van der Waals surface area contributed by atoms with Crippen LogP contribution in [0.15, 0.2) is 5.11 Å². The van der Waals surface area contributed by atoms with Crippen molar-refractivity contribution in [1.29, 1.82) is 5.53 Å². The van der Waals surface area contributed by atoms with Crippen molar-refractivity contribution in [2.75, 3.05) is 19.8 Å². The SMILES string of the molecule is N=NCNCCN. The second kappa shape index (κ2) is 5.52. The van der Waals surface area contributed by atoms with E-state index in [0.717, 1.165) is 6.54 Å². The van der Waals surface area contributed by atoms with Crippen LogP contribution in [-0.4, -0.2) is 19.8 Å². The summed E-state index contributed by atoms with van der Waals surface area (Å²) in [6, 6.07) is 0. The lowest BCUT2D eigenvalue weighted by Crippen LogP contribution is -2.21. The molecule has 0 aromatic heterocycles. The molecule has 4 N–H and O–H groups in total. The number of rotatable bonds is 4. The second-order valence-electron chi connectivity index (χ2n) is 1.10. The van der Waals surface area contributed by atoms with Gasteiger partial charge in [0.2, 0.25) is 0 Å². The maximum Gasteiger partial charge on any atom is 0.109 e. The molecule has 0 heterocycles. The first kappa shape index (κ1) is 6.52. The number of nitrogens with zero attached hydrogens (tertiary/aromatic N) is 1. The molecule has 0 atom stereocenters. The summed E-state index contributed by atoms with van der Waals surface area (Å²) in [5.41, 5.74) is 11.4. The molecule has 7 heavy (non-hydrogen) atoms. The van der Waals surface area contributed by atoms with Crippen LogP contribution in [0.5, 0.6) is 0 Å². The van der Waals surface area contributed by atoms with Crippen LogP contribution in [0.3, 0.4) is 0 Å². The molecule has 0 unspecified atom stereocenters. The van der Waals surface area contributed by atoms with Crippen LogP contribution in [0, 0.1) is 5.53 Å². The molecule has 0 aromatic carbocycles. The van der Waals surface area contributed by atoms with E-state index < -0.39 is 0 Å². The summed E-state index contributed by atoms with van der Waals surface area (Å²) in [4.78, 5) is 0. The Morgan fingerprint density at radius 3 is 2.86 bits per heavy atom. The van der Waals surface area contributed by atoms with E-state index in [1.807, 2.05) is 0 Å². The van der Waals surface area contributed by atoms with Crippen molar-refractivity contribution < 1.29 is 0 Å². The van der Waals surface area contributed by atoms with E-state index in [4.69, 9.17) is 11.3 Å². The average molecular weight is 102 g/mol. The molecule has 0 aliphatic rings.